The number of unbranched alkanes of at least 4 members (excludes halogenated alkanes) is 1. The summed E-state index contributed by atoms with van der Waals surface area (Å²) in [6.07, 6.45) is 11.9. The van der Waals surface area contributed by atoms with Crippen LogP contribution in [0.5, 0.6) is 0 Å². The molecule has 0 saturated carbocycles. The molecule has 1 aromatic heterocycles. The summed E-state index contributed by atoms with van der Waals surface area (Å²) in [7, 11) is 0. The molecule has 9 heteroatoms. The fraction of sp³-hybridized carbons (Fsp3) is 0.500. The quantitative estimate of drug-likeness (QED) is 0.268. The van der Waals surface area contributed by atoms with E-state index in [9.17, 15) is 10.1 Å². The van der Waals surface area contributed by atoms with Crippen LogP contribution < -0.4 is 5.32 Å². The van der Waals surface area contributed by atoms with Crippen LogP contribution >= 0.6 is 11.8 Å². The molecule has 2 aliphatic rings. The second-order valence-corrected chi connectivity index (χ2v) is 9.81. The van der Waals surface area contributed by atoms with Gasteiger partial charge in [-0.05, 0) is 32.4 Å². The second-order valence-electron chi connectivity index (χ2n) is 8.70. The smallest absolute Gasteiger partial charge is 0.274 e. The van der Waals surface area contributed by atoms with E-state index in [1.54, 1.807) is 22.9 Å². The van der Waals surface area contributed by atoms with Gasteiger partial charge in [0, 0.05) is 48.1 Å². The maximum Gasteiger partial charge on any atom is 0.274 e. The Labute approximate surface area is 200 Å². The van der Waals surface area contributed by atoms with E-state index in [1.165, 1.54) is 0 Å². The number of nitrogens with zero attached hydrogens (tertiary/aromatic N) is 4. The molecule has 1 N–H and O–H groups in total. The predicted molar refractivity (Wildman–Crippen MR) is 133 cm³/mol. The Balaban J connectivity index is 1.68. The van der Waals surface area contributed by atoms with Crippen molar-refractivity contribution in [1.29, 1.82) is 0 Å². The largest absolute Gasteiger partial charge is 0.475 e. The van der Waals surface area contributed by atoms with Gasteiger partial charge in [-0.25, -0.2) is 4.99 Å². The van der Waals surface area contributed by atoms with Crippen molar-refractivity contribution in [2.24, 2.45) is 10.9 Å². The zero-order valence-corrected chi connectivity index (χ0v) is 20.4. The Morgan fingerprint density at radius 3 is 2.97 bits per heavy atom. The number of thioether (sulfide) groups is 1. The molecule has 0 aromatic carbocycles. The number of ether oxygens (including phenoxy) is 1. The normalized spacial score (nSPS) is 19.7. The number of aromatic nitrogens is 1. The summed E-state index contributed by atoms with van der Waals surface area (Å²) >= 11 is 1.73. The monoisotopic (exact) mass is 471 g/mol. The number of pyridine rings is 1. The average molecular weight is 472 g/mol. The van der Waals surface area contributed by atoms with Crippen molar-refractivity contribution in [2.45, 2.75) is 51.3 Å². The summed E-state index contributed by atoms with van der Waals surface area (Å²) in [5.41, 5.74) is 1.73. The highest BCUT2D eigenvalue weighted by Gasteiger charge is 2.32. The first-order chi connectivity index (χ1) is 15.9. The molecule has 0 spiro atoms. The van der Waals surface area contributed by atoms with Gasteiger partial charge >= 0.3 is 0 Å². The van der Waals surface area contributed by atoms with Gasteiger partial charge in [0.25, 0.3) is 6.20 Å². The van der Waals surface area contributed by atoms with Gasteiger partial charge < -0.3 is 15.0 Å². The number of nitrogens with one attached hydrogen (secondary N) is 1. The molecule has 0 aliphatic carbocycles. The molecule has 0 saturated heterocycles. The molecule has 1 atom stereocenters. The van der Waals surface area contributed by atoms with Crippen molar-refractivity contribution >= 4 is 17.7 Å². The summed E-state index contributed by atoms with van der Waals surface area (Å²) in [5.74, 6) is 2.83. The van der Waals surface area contributed by atoms with Crippen LogP contribution in [-0.4, -0.2) is 45.1 Å². The number of nitro groups is 1. The average Bonchev–Trinajstić information content (AvgIpc) is 3.16. The molecule has 1 unspecified atom stereocenters. The molecule has 2 aliphatic heterocycles. The Hall–Kier alpha value is -2.81. The third-order valence-corrected chi connectivity index (χ3v) is 6.27. The topological polar surface area (TPSA) is 92.9 Å². The molecule has 33 heavy (non-hydrogen) atoms. The minimum atomic E-state index is -0.430. The third-order valence-electron chi connectivity index (χ3n) is 5.27. The fourth-order valence-electron chi connectivity index (χ4n) is 3.58. The van der Waals surface area contributed by atoms with Crippen LogP contribution in [0.1, 0.15) is 45.7 Å². The number of aliphatic imine (C=N–C) groups is 1. The molecule has 1 aromatic rings. The molecule has 3 heterocycles. The lowest BCUT2D eigenvalue weighted by molar-refractivity contribution is -0.404. The highest BCUT2D eigenvalue weighted by molar-refractivity contribution is 7.98. The van der Waals surface area contributed by atoms with Crippen LogP contribution in [0.3, 0.4) is 0 Å². The Morgan fingerprint density at radius 1 is 1.45 bits per heavy atom. The summed E-state index contributed by atoms with van der Waals surface area (Å²) in [6.45, 7) is 7.38. The van der Waals surface area contributed by atoms with Crippen molar-refractivity contribution in [1.82, 2.24) is 15.2 Å². The summed E-state index contributed by atoms with van der Waals surface area (Å²) in [5, 5.41) is 14.5. The number of hydrogen-bond donors (Lipinski definition) is 1. The lowest BCUT2D eigenvalue weighted by Crippen LogP contribution is -2.30. The van der Waals surface area contributed by atoms with Crippen molar-refractivity contribution in [2.75, 3.05) is 18.9 Å². The van der Waals surface area contributed by atoms with E-state index in [0.29, 0.717) is 24.9 Å². The molecule has 3 rings (SSSR count). The first kappa shape index (κ1) is 24.8. The molecule has 0 amide bonds. The van der Waals surface area contributed by atoms with Gasteiger partial charge in [0.15, 0.2) is 5.82 Å². The zero-order chi connectivity index (χ0) is 23.7. The summed E-state index contributed by atoms with van der Waals surface area (Å²) in [6, 6.07) is 5.86. The van der Waals surface area contributed by atoms with Crippen molar-refractivity contribution in [3.63, 3.8) is 0 Å². The molecule has 0 radical (unpaired) electrons. The lowest BCUT2D eigenvalue weighted by atomic mass is 9.92. The minimum Gasteiger partial charge on any atom is -0.475 e. The maximum atomic E-state index is 11.3. The van der Waals surface area contributed by atoms with Gasteiger partial charge in [0.1, 0.15) is 6.61 Å². The molecule has 178 valence electrons. The first-order valence-corrected chi connectivity index (χ1v) is 12.5. The standard InChI is InChI=1S/C24H33N5O3S/c1-4-5-8-19-10-13-28(15-21(19)23-27-24(2,3)18-32-23)22(16-29(30)31)26-12-14-33-17-20-9-6-7-11-25-20/h6-7,9-11,13,15-16,19,26H,4-5,8,12,14,17-18H2,1-3H3/b22-16+. The van der Waals surface area contributed by atoms with E-state index < -0.39 is 4.92 Å². The second kappa shape index (κ2) is 11.9. The van der Waals surface area contributed by atoms with Gasteiger partial charge in [-0.1, -0.05) is 31.9 Å². The molecule has 0 fully saturated rings. The van der Waals surface area contributed by atoms with E-state index in [4.69, 9.17) is 9.73 Å². The van der Waals surface area contributed by atoms with Crippen LogP contribution in [0.25, 0.3) is 0 Å². The molecular formula is C24H33N5O3S. The van der Waals surface area contributed by atoms with Crippen LogP contribution in [0.4, 0.5) is 0 Å². The number of rotatable bonds is 12. The zero-order valence-electron chi connectivity index (χ0n) is 19.6. The van der Waals surface area contributed by atoms with Crippen LogP contribution in [0.15, 0.2) is 65.5 Å². The molecular weight excluding hydrogens is 438 g/mol. The number of allylic oxidation sites excluding steroid dienone is 1. The lowest BCUT2D eigenvalue weighted by Gasteiger charge is -2.27. The van der Waals surface area contributed by atoms with E-state index in [-0.39, 0.29) is 11.5 Å². The molecule has 0 bridgehead atoms. The van der Waals surface area contributed by atoms with Crippen LogP contribution in [0, 0.1) is 16.0 Å². The van der Waals surface area contributed by atoms with Gasteiger partial charge in [-0.3, -0.25) is 15.1 Å². The molecule has 8 nitrogen and oxygen atoms in total. The van der Waals surface area contributed by atoms with Crippen molar-refractivity contribution in [3.05, 3.63) is 76.3 Å². The van der Waals surface area contributed by atoms with Gasteiger partial charge in [0.05, 0.1) is 16.2 Å². The van der Waals surface area contributed by atoms with E-state index in [1.807, 2.05) is 44.4 Å². The minimum absolute atomic E-state index is 0.180. The summed E-state index contributed by atoms with van der Waals surface area (Å²) in [4.78, 5) is 21.7. The third kappa shape index (κ3) is 7.63. The van der Waals surface area contributed by atoms with Crippen LogP contribution in [0.2, 0.25) is 0 Å². The maximum absolute atomic E-state index is 11.3. The van der Waals surface area contributed by atoms with E-state index in [0.717, 1.165) is 48.2 Å². The SMILES string of the molecule is CCCCC1C=CN(/C(=C/[N+](=O)[O-])NCCSCc2ccccn2)C=C1C1=NC(C)(C)CO1. The Kier molecular flexibility index (Phi) is 8.94. The van der Waals surface area contributed by atoms with Crippen molar-refractivity contribution < 1.29 is 9.66 Å². The summed E-state index contributed by atoms with van der Waals surface area (Å²) < 4.78 is 5.92. The first-order valence-electron chi connectivity index (χ1n) is 11.4. The van der Waals surface area contributed by atoms with E-state index in [2.05, 4.69) is 23.3 Å². The number of hydrogen-bond acceptors (Lipinski definition) is 8. The fourth-order valence-corrected chi connectivity index (χ4v) is 4.35. The van der Waals surface area contributed by atoms with Gasteiger partial charge in [-0.15, -0.1) is 0 Å². The Morgan fingerprint density at radius 2 is 2.30 bits per heavy atom. The predicted octanol–water partition coefficient (Wildman–Crippen LogP) is 4.71. The van der Waals surface area contributed by atoms with Crippen molar-refractivity contribution in [3.8, 4) is 0 Å². The van der Waals surface area contributed by atoms with Gasteiger partial charge in [0.2, 0.25) is 5.90 Å². The highest BCUT2D eigenvalue weighted by atomic mass is 32.2. The Bertz CT molecular complexity index is 927. The van der Waals surface area contributed by atoms with Gasteiger partial charge in [-0.2, -0.15) is 11.8 Å². The highest BCUT2D eigenvalue weighted by Crippen LogP contribution is 2.31. The van der Waals surface area contributed by atoms with Crippen LogP contribution in [-0.2, 0) is 10.5 Å². The van der Waals surface area contributed by atoms with E-state index >= 15 is 0 Å².